The van der Waals surface area contributed by atoms with Crippen molar-refractivity contribution in [2.45, 2.75) is 25.7 Å². The van der Waals surface area contributed by atoms with Gasteiger partial charge in [0.1, 0.15) is 17.0 Å². The summed E-state index contributed by atoms with van der Waals surface area (Å²) < 4.78 is 11.8. The van der Waals surface area contributed by atoms with Crippen LogP contribution in [0.3, 0.4) is 0 Å². The first-order valence-electron chi connectivity index (χ1n) is 10.9. The summed E-state index contributed by atoms with van der Waals surface area (Å²) in [4.78, 5) is 19.1. The number of carbonyl (C=O) groups excluding carboxylic acids is 1. The van der Waals surface area contributed by atoms with Gasteiger partial charge in [-0.1, -0.05) is 23.7 Å². The second-order valence-electron chi connectivity index (χ2n) is 8.02. The number of fused-ring (bicyclic) bond motifs is 1. The average Bonchev–Trinajstić information content (AvgIpc) is 3.25. The van der Waals surface area contributed by atoms with Gasteiger partial charge in [0.15, 0.2) is 5.58 Å². The standard InChI is InChI=1S/C26H23ClN2O3/c27-20-8-10-21(11-9-20)31-22-12-13-24-23(17-22)28-26(32-24)19-6-4-18(5-7-19)16-25(30)29-14-2-1-3-15-29/h4-13,17H,1-3,14-16H2. The van der Waals surface area contributed by atoms with Gasteiger partial charge in [0.25, 0.3) is 0 Å². The van der Waals surface area contributed by atoms with Crippen molar-refractivity contribution in [2.75, 3.05) is 13.1 Å². The molecule has 0 unspecified atom stereocenters. The molecule has 4 aromatic rings. The highest BCUT2D eigenvalue weighted by Gasteiger charge is 2.17. The molecular weight excluding hydrogens is 424 g/mol. The molecule has 1 fully saturated rings. The first-order valence-corrected chi connectivity index (χ1v) is 11.2. The van der Waals surface area contributed by atoms with Crippen molar-refractivity contribution in [3.05, 3.63) is 77.3 Å². The fourth-order valence-electron chi connectivity index (χ4n) is 3.93. The molecule has 1 aliphatic heterocycles. The number of piperidine rings is 1. The molecule has 0 radical (unpaired) electrons. The molecule has 0 spiro atoms. The first kappa shape index (κ1) is 20.6. The number of aromatic nitrogens is 1. The second-order valence-corrected chi connectivity index (χ2v) is 8.46. The van der Waals surface area contributed by atoms with Crippen molar-refractivity contribution in [2.24, 2.45) is 0 Å². The second kappa shape index (κ2) is 9.05. The topological polar surface area (TPSA) is 55.6 Å². The van der Waals surface area contributed by atoms with Crippen LogP contribution in [0.4, 0.5) is 0 Å². The first-order chi connectivity index (χ1) is 15.6. The maximum atomic E-state index is 12.5. The van der Waals surface area contributed by atoms with Crippen LogP contribution in [0, 0.1) is 0 Å². The molecule has 32 heavy (non-hydrogen) atoms. The molecule has 5 nitrogen and oxygen atoms in total. The molecular formula is C26H23ClN2O3. The van der Waals surface area contributed by atoms with E-state index in [1.54, 1.807) is 12.1 Å². The van der Waals surface area contributed by atoms with Gasteiger partial charge in [-0.25, -0.2) is 4.98 Å². The van der Waals surface area contributed by atoms with E-state index in [1.807, 2.05) is 59.5 Å². The van der Waals surface area contributed by atoms with E-state index in [9.17, 15) is 4.79 Å². The van der Waals surface area contributed by atoms with Crippen LogP contribution in [0.15, 0.2) is 71.1 Å². The fourth-order valence-corrected chi connectivity index (χ4v) is 4.05. The van der Waals surface area contributed by atoms with Crippen molar-refractivity contribution >= 4 is 28.6 Å². The van der Waals surface area contributed by atoms with Gasteiger partial charge in [-0.3, -0.25) is 4.79 Å². The Kier molecular flexibility index (Phi) is 5.82. The Morgan fingerprint density at radius 2 is 1.66 bits per heavy atom. The summed E-state index contributed by atoms with van der Waals surface area (Å²) in [6.07, 6.45) is 3.86. The zero-order valence-electron chi connectivity index (χ0n) is 17.6. The number of amides is 1. The Morgan fingerprint density at radius 1 is 0.938 bits per heavy atom. The van der Waals surface area contributed by atoms with E-state index in [1.165, 1.54) is 6.42 Å². The number of halogens is 1. The number of benzene rings is 3. The number of hydrogen-bond donors (Lipinski definition) is 0. The molecule has 1 aliphatic rings. The van der Waals surface area contributed by atoms with Crippen molar-refractivity contribution in [3.63, 3.8) is 0 Å². The third kappa shape index (κ3) is 4.63. The lowest BCUT2D eigenvalue weighted by Crippen LogP contribution is -2.36. The molecule has 0 bridgehead atoms. The molecule has 0 atom stereocenters. The van der Waals surface area contributed by atoms with E-state index in [4.69, 9.17) is 20.8 Å². The summed E-state index contributed by atoms with van der Waals surface area (Å²) in [5, 5.41) is 0.663. The minimum absolute atomic E-state index is 0.201. The van der Waals surface area contributed by atoms with Gasteiger partial charge in [-0.15, -0.1) is 0 Å². The lowest BCUT2D eigenvalue weighted by molar-refractivity contribution is -0.131. The van der Waals surface area contributed by atoms with E-state index in [2.05, 4.69) is 4.98 Å². The van der Waals surface area contributed by atoms with Crippen molar-refractivity contribution in [3.8, 4) is 23.0 Å². The Morgan fingerprint density at radius 3 is 2.41 bits per heavy atom. The van der Waals surface area contributed by atoms with Crippen molar-refractivity contribution in [1.82, 2.24) is 9.88 Å². The summed E-state index contributed by atoms with van der Waals surface area (Å²) >= 11 is 5.93. The van der Waals surface area contributed by atoms with E-state index < -0.39 is 0 Å². The zero-order chi connectivity index (χ0) is 21.9. The molecule has 6 heteroatoms. The van der Waals surface area contributed by atoms with Crippen LogP contribution in [0.1, 0.15) is 24.8 Å². The number of ether oxygens (including phenoxy) is 1. The van der Waals surface area contributed by atoms with Crippen molar-refractivity contribution in [1.29, 1.82) is 0 Å². The van der Waals surface area contributed by atoms with Gasteiger partial charge in [-0.2, -0.15) is 0 Å². The van der Waals surface area contributed by atoms with Crippen molar-refractivity contribution < 1.29 is 13.9 Å². The Hall–Kier alpha value is -3.31. The van der Waals surface area contributed by atoms with Gasteiger partial charge >= 0.3 is 0 Å². The molecule has 162 valence electrons. The average molecular weight is 447 g/mol. The number of oxazole rings is 1. The predicted octanol–water partition coefficient (Wildman–Crippen LogP) is 6.50. The monoisotopic (exact) mass is 446 g/mol. The van der Waals surface area contributed by atoms with E-state index >= 15 is 0 Å². The normalized spacial score (nSPS) is 14.0. The van der Waals surface area contributed by atoms with Crippen LogP contribution in [-0.2, 0) is 11.2 Å². The number of likely N-dealkylation sites (tertiary alicyclic amines) is 1. The van der Waals surface area contributed by atoms with E-state index in [-0.39, 0.29) is 5.91 Å². The molecule has 1 saturated heterocycles. The van der Waals surface area contributed by atoms with Crippen LogP contribution < -0.4 is 4.74 Å². The third-order valence-corrected chi connectivity index (χ3v) is 5.93. The summed E-state index contributed by atoms with van der Waals surface area (Å²) in [7, 11) is 0. The van der Waals surface area contributed by atoms with Crippen LogP contribution in [0.5, 0.6) is 11.5 Å². The summed E-state index contributed by atoms with van der Waals surface area (Å²) in [6.45, 7) is 1.76. The van der Waals surface area contributed by atoms with Crippen LogP contribution in [-0.4, -0.2) is 28.9 Å². The zero-order valence-corrected chi connectivity index (χ0v) is 18.3. The predicted molar refractivity (Wildman–Crippen MR) is 125 cm³/mol. The minimum Gasteiger partial charge on any atom is -0.457 e. The fraction of sp³-hybridized carbons (Fsp3) is 0.231. The third-order valence-electron chi connectivity index (χ3n) is 5.67. The minimum atomic E-state index is 0.201. The van der Waals surface area contributed by atoms with E-state index in [0.29, 0.717) is 34.4 Å². The molecule has 3 aromatic carbocycles. The number of nitrogens with zero attached hydrogens (tertiary/aromatic N) is 2. The highest BCUT2D eigenvalue weighted by Crippen LogP contribution is 2.30. The van der Waals surface area contributed by atoms with Crippen LogP contribution >= 0.6 is 11.6 Å². The maximum Gasteiger partial charge on any atom is 0.227 e. The van der Waals surface area contributed by atoms with Gasteiger partial charge in [0.2, 0.25) is 11.8 Å². The quantitative estimate of drug-likeness (QED) is 0.351. The summed E-state index contributed by atoms with van der Waals surface area (Å²) in [5.41, 5.74) is 3.28. The molecule has 2 heterocycles. The lowest BCUT2D eigenvalue weighted by atomic mass is 10.1. The Labute approximate surface area is 191 Å². The Balaban J connectivity index is 1.29. The molecule has 0 aliphatic carbocycles. The molecule has 0 N–H and O–H groups in total. The number of carbonyl (C=O) groups is 1. The largest absolute Gasteiger partial charge is 0.457 e. The molecule has 1 amide bonds. The highest BCUT2D eigenvalue weighted by molar-refractivity contribution is 6.30. The summed E-state index contributed by atoms with van der Waals surface area (Å²) in [5.74, 6) is 2.11. The SMILES string of the molecule is O=C(Cc1ccc(-c2nc3cc(Oc4ccc(Cl)cc4)ccc3o2)cc1)N1CCCCC1. The van der Waals surface area contributed by atoms with Gasteiger partial charge in [0, 0.05) is 29.7 Å². The smallest absolute Gasteiger partial charge is 0.227 e. The maximum absolute atomic E-state index is 12.5. The van der Waals surface area contributed by atoms with E-state index in [0.717, 1.165) is 42.6 Å². The van der Waals surface area contributed by atoms with Gasteiger partial charge < -0.3 is 14.1 Å². The van der Waals surface area contributed by atoms with Crippen LogP contribution in [0.2, 0.25) is 5.02 Å². The van der Waals surface area contributed by atoms with Gasteiger partial charge in [-0.05, 0) is 73.4 Å². The number of rotatable bonds is 5. The molecule has 1 aromatic heterocycles. The summed E-state index contributed by atoms with van der Waals surface area (Å²) in [6, 6.07) is 20.6. The molecule has 0 saturated carbocycles. The number of hydrogen-bond acceptors (Lipinski definition) is 4. The Bertz CT molecular complexity index is 1230. The highest BCUT2D eigenvalue weighted by atomic mass is 35.5. The van der Waals surface area contributed by atoms with Crippen LogP contribution in [0.25, 0.3) is 22.6 Å². The lowest BCUT2D eigenvalue weighted by Gasteiger charge is -2.26. The molecule has 5 rings (SSSR count). The van der Waals surface area contributed by atoms with Gasteiger partial charge in [0.05, 0.1) is 6.42 Å².